The van der Waals surface area contributed by atoms with Gasteiger partial charge in [0.05, 0.1) is 16.4 Å². The molecule has 0 aliphatic heterocycles. The van der Waals surface area contributed by atoms with Gasteiger partial charge in [0.25, 0.3) is 0 Å². The first-order valence-electron chi connectivity index (χ1n) is 6.07. The lowest BCUT2D eigenvalue weighted by molar-refractivity contribution is 1.21. The van der Waals surface area contributed by atoms with Crippen LogP contribution in [0.2, 0.25) is 5.15 Å². The maximum atomic E-state index is 6.10. The van der Waals surface area contributed by atoms with E-state index in [1.807, 2.05) is 40.2 Å². The molecule has 0 spiro atoms. The molecule has 0 saturated carbocycles. The monoisotopic (exact) mass is 333 g/mol. The summed E-state index contributed by atoms with van der Waals surface area (Å²) in [5, 5.41) is 7.34. The van der Waals surface area contributed by atoms with Gasteiger partial charge >= 0.3 is 0 Å². The number of nitrogens with zero attached hydrogens (tertiary/aromatic N) is 4. The number of hydrogen-bond acceptors (Lipinski definition) is 6. The molecule has 0 fully saturated rings. The van der Waals surface area contributed by atoms with Gasteiger partial charge in [0.1, 0.15) is 5.69 Å². The number of para-hydroxylation sites is 1. The van der Waals surface area contributed by atoms with Gasteiger partial charge in [-0.3, -0.25) is 9.83 Å². The molecule has 0 bridgehead atoms. The van der Waals surface area contributed by atoms with Crippen LogP contribution in [0.15, 0.2) is 40.9 Å². The third-order valence-electron chi connectivity index (χ3n) is 2.90. The molecule has 21 heavy (non-hydrogen) atoms. The van der Waals surface area contributed by atoms with Crippen LogP contribution in [0, 0.1) is 0 Å². The highest BCUT2D eigenvalue weighted by Gasteiger charge is 2.09. The Morgan fingerprint density at radius 2 is 2.19 bits per heavy atom. The van der Waals surface area contributed by atoms with Crippen LogP contribution in [0.3, 0.4) is 0 Å². The van der Waals surface area contributed by atoms with Crippen molar-refractivity contribution in [2.45, 2.75) is 0 Å². The van der Waals surface area contributed by atoms with Crippen molar-refractivity contribution >= 4 is 60.8 Å². The molecule has 4 aromatic rings. The topological polar surface area (TPSA) is 54.6 Å². The molecule has 0 unspecified atom stereocenters. The minimum absolute atomic E-state index is 0.441. The van der Waals surface area contributed by atoms with Gasteiger partial charge in [-0.25, -0.2) is 9.97 Å². The molecule has 3 aromatic heterocycles. The number of hydrogen-bond donors (Lipinski definition) is 1. The van der Waals surface area contributed by atoms with Crippen molar-refractivity contribution in [1.82, 2.24) is 14.4 Å². The van der Waals surface area contributed by atoms with E-state index in [1.54, 1.807) is 17.6 Å². The van der Waals surface area contributed by atoms with E-state index < -0.39 is 0 Å². The molecule has 3 heterocycles. The Hall–Kier alpha value is -1.96. The van der Waals surface area contributed by atoms with Crippen molar-refractivity contribution < 1.29 is 0 Å². The van der Waals surface area contributed by atoms with E-state index >= 15 is 0 Å². The largest absolute Gasteiger partial charge is 0.288 e. The molecule has 5 nitrogen and oxygen atoms in total. The summed E-state index contributed by atoms with van der Waals surface area (Å²) >= 11 is 9.18. The number of rotatable bonds is 3. The molecule has 0 saturated heterocycles. The molecule has 1 aromatic carbocycles. The van der Waals surface area contributed by atoms with Gasteiger partial charge in [-0.2, -0.15) is 5.10 Å². The lowest BCUT2D eigenvalue weighted by Gasteiger charge is -1.93. The summed E-state index contributed by atoms with van der Waals surface area (Å²) in [6.07, 6.45) is 3.57. The fourth-order valence-corrected chi connectivity index (χ4v) is 3.77. The van der Waals surface area contributed by atoms with Crippen molar-refractivity contribution in [3.05, 3.63) is 46.7 Å². The van der Waals surface area contributed by atoms with E-state index in [2.05, 4.69) is 20.5 Å². The van der Waals surface area contributed by atoms with Crippen LogP contribution < -0.4 is 5.43 Å². The summed E-state index contributed by atoms with van der Waals surface area (Å²) in [7, 11) is 0. The molecule has 0 radical (unpaired) electrons. The van der Waals surface area contributed by atoms with Crippen LogP contribution in [0.4, 0.5) is 5.13 Å². The number of hydrazone groups is 1. The molecule has 4 rings (SSSR count). The van der Waals surface area contributed by atoms with Crippen molar-refractivity contribution in [1.29, 1.82) is 0 Å². The first kappa shape index (κ1) is 12.8. The number of halogens is 1. The van der Waals surface area contributed by atoms with Gasteiger partial charge in [-0.1, -0.05) is 35.1 Å². The smallest absolute Gasteiger partial charge is 0.204 e. The molecular formula is C13H8ClN5S2. The Balaban J connectivity index is 1.61. The summed E-state index contributed by atoms with van der Waals surface area (Å²) in [6.45, 7) is 0. The van der Waals surface area contributed by atoms with Crippen LogP contribution >= 0.6 is 34.3 Å². The van der Waals surface area contributed by atoms with E-state index in [-0.39, 0.29) is 0 Å². The lowest BCUT2D eigenvalue weighted by atomic mass is 10.3. The summed E-state index contributed by atoms with van der Waals surface area (Å²) in [6, 6.07) is 7.97. The van der Waals surface area contributed by atoms with Crippen molar-refractivity contribution in [2.75, 3.05) is 5.43 Å². The minimum atomic E-state index is 0.441. The maximum absolute atomic E-state index is 6.10. The van der Waals surface area contributed by atoms with Crippen LogP contribution in [0.5, 0.6) is 0 Å². The zero-order valence-corrected chi connectivity index (χ0v) is 12.9. The summed E-state index contributed by atoms with van der Waals surface area (Å²) < 4.78 is 3.02. The molecule has 8 heteroatoms. The molecule has 0 aliphatic carbocycles. The summed E-state index contributed by atoms with van der Waals surface area (Å²) in [4.78, 5) is 9.54. The Morgan fingerprint density at radius 3 is 3.10 bits per heavy atom. The summed E-state index contributed by atoms with van der Waals surface area (Å²) in [5.41, 5.74) is 4.65. The second-order valence-corrected chi connectivity index (χ2v) is 6.46. The first-order valence-corrected chi connectivity index (χ1v) is 8.14. The van der Waals surface area contributed by atoms with Crippen LogP contribution in [-0.2, 0) is 0 Å². The van der Waals surface area contributed by atoms with Crippen molar-refractivity contribution in [3.8, 4) is 0 Å². The van der Waals surface area contributed by atoms with E-state index in [0.717, 1.165) is 26.0 Å². The van der Waals surface area contributed by atoms with E-state index in [9.17, 15) is 0 Å². The quantitative estimate of drug-likeness (QED) is 0.453. The highest BCUT2D eigenvalue weighted by atomic mass is 35.5. The standard InChI is InChI=1S/C13H8ClN5S2/c14-11-9(19-5-6-20-13(19)17-11)7-15-18-12-16-8-3-1-2-4-10(8)21-12/h1-7H,(H,16,18). The fraction of sp³-hybridized carbons (Fsp3) is 0. The number of anilines is 1. The van der Waals surface area contributed by atoms with Crippen LogP contribution in [-0.4, -0.2) is 20.6 Å². The first-order chi connectivity index (χ1) is 10.3. The number of imidazole rings is 1. The van der Waals surface area contributed by atoms with Crippen molar-refractivity contribution in [3.63, 3.8) is 0 Å². The molecule has 0 amide bonds. The van der Waals surface area contributed by atoms with Crippen LogP contribution in [0.25, 0.3) is 15.2 Å². The molecule has 104 valence electrons. The van der Waals surface area contributed by atoms with E-state index in [1.165, 1.54) is 11.3 Å². The molecular weight excluding hydrogens is 326 g/mol. The number of fused-ring (bicyclic) bond motifs is 2. The average Bonchev–Trinajstić information content (AvgIpc) is 3.14. The Morgan fingerprint density at radius 1 is 1.29 bits per heavy atom. The lowest BCUT2D eigenvalue weighted by Crippen LogP contribution is -1.93. The fourth-order valence-electron chi connectivity index (χ4n) is 1.96. The maximum Gasteiger partial charge on any atom is 0.204 e. The predicted octanol–water partition coefficient (Wildman–Crippen LogP) is 4.10. The normalized spacial score (nSPS) is 11.9. The second-order valence-electron chi connectivity index (χ2n) is 4.20. The van der Waals surface area contributed by atoms with Gasteiger partial charge in [-0.05, 0) is 12.1 Å². The third-order valence-corrected chi connectivity index (χ3v) is 4.87. The average molecular weight is 334 g/mol. The van der Waals surface area contributed by atoms with Gasteiger partial charge in [0.15, 0.2) is 10.1 Å². The SMILES string of the molecule is Clc1nc2sccn2c1C=NNc1nc2ccccc2s1. The zero-order chi connectivity index (χ0) is 14.2. The Labute approximate surface area is 132 Å². The predicted molar refractivity (Wildman–Crippen MR) is 88.9 cm³/mol. The van der Waals surface area contributed by atoms with Gasteiger partial charge in [-0.15, -0.1) is 11.3 Å². The van der Waals surface area contributed by atoms with Crippen LogP contribution in [0.1, 0.15) is 5.69 Å². The molecule has 1 N–H and O–H groups in total. The van der Waals surface area contributed by atoms with Crippen molar-refractivity contribution in [2.24, 2.45) is 5.10 Å². The number of nitrogens with one attached hydrogen (secondary N) is 1. The summed E-state index contributed by atoms with van der Waals surface area (Å²) in [5.74, 6) is 0. The van der Waals surface area contributed by atoms with E-state index in [0.29, 0.717) is 5.15 Å². The molecule has 0 atom stereocenters. The Bertz CT molecular complexity index is 919. The number of benzene rings is 1. The second kappa shape index (κ2) is 5.10. The minimum Gasteiger partial charge on any atom is -0.288 e. The highest BCUT2D eigenvalue weighted by molar-refractivity contribution is 7.22. The number of thiazole rings is 2. The van der Waals surface area contributed by atoms with E-state index in [4.69, 9.17) is 11.6 Å². The van der Waals surface area contributed by atoms with Gasteiger partial charge < -0.3 is 0 Å². The Kier molecular flexibility index (Phi) is 3.10. The van der Waals surface area contributed by atoms with Gasteiger partial charge in [0.2, 0.25) is 5.13 Å². The highest BCUT2D eigenvalue weighted by Crippen LogP contribution is 2.25. The zero-order valence-electron chi connectivity index (χ0n) is 10.5. The number of aromatic nitrogens is 3. The molecule has 0 aliphatic rings. The third kappa shape index (κ3) is 2.29. The van der Waals surface area contributed by atoms with Gasteiger partial charge in [0, 0.05) is 11.6 Å².